The summed E-state index contributed by atoms with van der Waals surface area (Å²) < 4.78 is 23.3. The molecular weight excluding hydrogens is 400 g/mol. The Morgan fingerprint density at radius 3 is 2.36 bits per heavy atom. The van der Waals surface area contributed by atoms with Crippen LogP contribution in [0.2, 0.25) is 5.02 Å². The van der Waals surface area contributed by atoms with Crippen LogP contribution in [0.15, 0.2) is 60.3 Å². The molecule has 146 valence electrons. The summed E-state index contributed by atoms with van der Waals surface area (Å²) in [5.74, 6) is -1.13. The number of halogens is 1. The molecule has 3 rings (SSSR count). The Kier molecular flexibility index (Phi) is 6.16. The van der Waals surface area contributed by atoms with Gasteiger partial charge in [-0.05, 0) is 30.2 Å². The molecule has 1 fully saturated rings. The van der Waals surface area contributed by atoms with Crippen molar-refractivity contribution in [1.82, 2.24) is 10.6 Å². The largest absolute Gasteiger partial charge is 0.347 e. The van der Waals surface area contributed by atoms with Crippen molar-refractivity contribution in [2.24, 2.45) is 0 Å². The SMILES string of the molecule is O=C(N[C@@H]1CCS(=O)(=O)C1)/C(=C\c1ccccc1)NC(=O)c1ccccc1Cl. The van der Waals surface area contributed by atoms with Crippen molar-refractivity contribution in [2.75, 3.05) is 11.5 Å². The number of hydrogen-bond donors (Lipinski definition) is 2. The molecule has 6 nitrogen and oxygen atoms in total. The predicted molar refractivity (Wildman–Crippen MR) is 109 cm³/mol. The van der Waals surface area contributed by atoms with Crippen LogP contribution < -0.4 is 10.6 Å². The van der Waals surface area contributed by atoms with Crippen molar-refractivity contribution in [1.29, 1.82) is 0 Å². The molecule has 1 atom stereocenters. The van der Waals surface area contributed by atoms with Crippen LogP contribution in [0.25, 0.3) is 6.08 Å². The molecule has 1 heterocycles. The Hall–Kier alpha value is -2.64. The van der Waals surface area contributed by atoms with Crippen LogP contribution in [0.5, 0.6) is 0 Å². The summed E-state index contributed by atoms with van der Waals surface area (Å²) in [6.45, 7) is 0. The van der Waals surface area contributed by atoms with Gasteiger partial charge >= 0.3 is 0 Å². The first-order valence-corrected chi connectivity index (χ1v) is 10.9. The minimum absolute atomic E-state index is 0.0143. The fourth-order valence-corrected chi connectivity index (χ4v) is 4.78. The van der Waals surface area contributed by atoms with Crippen LogP contribution in [0.4, 0.5) is 0 Å². The molecule has 0 unspecified atom stereocenters. The number of nitrogens with one attached hydrogen (secondary N) is 2. The van der Waals surface area contributed by atoms with Gasteiger partial charge in [0.1, 0.15) is 5.70 Å². The van der Waals surface area contributed by atoms with Gasteiger partial charge in [-0.3, -0.25) is 9.59 Å². The Labute approximate surface area is 168 Å². The zero-order valence-electron chi connectivity index (χ0n) is 14.9. The first kappa shape index (κ1) is 20.1. The van der Waals surface area contributed by atoms with Crippen molar-refractivity contribution in [3.05, 3.63) is 76.4 Å². The summed E-state index contributed by atoms with van der Waals surface area (Å²) in [5.41, 5.74) is 0.964. The van der Waals surface area contributed by atoms with Gasteiger partial charge in [-0.2, -0.15) is 0 Å². The molecule has 8 heteroatoms. The summed E-state index contributed by atoms with van der Waals surface area (Å²) >= 11 is 6.06. The predicted octanol–water partition coefficient (Wildman–Crippen LogP) is 2.41. The minimum Gasteiger partial charge on any atom is -0.347 e. The molecule has 1 aliphatic rings. The van der Waals surface area contributed by atoms with Gasteiger partial charge in [-0.15, -0.1) is 0 Å². The van der Waals surface area contributed by atoms with Gasteiger partial charge in [0.2, 0.25) is 0 Å². The number of carbonyl (C=O) groups excluding carboxylic acids is 2. The van der Waals surface area contributed by atoms with Crippen LogP contribution in [0.3, 0.4) is 0 Å². The van der Waals surface area contributed by atoms with Crippen molar-refractivity contribution in [2.45, 2.75) is 12.5 Å². The first-order valence-electron chi connectivity index (χ1n) is 8.68. The highest BCUT2D eigenvalue weighted by atomic mass is 35.5. The molecule has 0 radical (unpaired) electrons. The monoisotopic (exact) mass is 418 g/mol. The van der Waals surface area contributed by atoms with E-state index in [2.05, 4.69) is 10.6 Å². The second-order valence-electron chi connectivity index (χ2n) is 6.48. The zero-order valence-corrected chi connectivity index (χ0v) is 16.5. The Morgan fingerprint density at radius 1 is 1.04 bits per heavy atom. The van der Waals surface area contributed by atoms with Crippen LogP contribution in [0, 0.1) is 0 Å². The molecule has 2 aromatic rings. The van der Waals surface area contributed by atoms with Gasteiger partial charge < -0.3 is 10.6 Å². The van der Waals surface area contributed by atoms with Gasteiger partial charge in [-0.1, -0.05) is 54.1 Å². The lowest BCUT2D eigenvalue weighted by molar-refractivity contribution is -0.118. The maximum absolute atomic E-state index is 12.7. The Morgan fingerprint density at radius 2 is 1.71 bits per heavy atom. The number of sulfone groups is 1. The van der Waals surface area contributed by atoms with E-state index < -0.39 is 27.7 Å². The van der Waals surface area contributed by atoms with Crippen molar-refractivity contribution >= 4 is 39.3 Å². The molecular formula is C20H19ClN2O4S. The quantitative estimate of drug-likeness (QED) is 0.729. The Bertz CT molecular complexity index is 1020. The summed E-state index contributed by atoms with van der Waals surface area (Å²) in [4.78, 5) is 25.3. The molecule has 28 heavy (non-hydrogen) atoms. The number of benzene rings is 2. The lowest BCUT2D eigenvalue weighted by atomic mass is 10.1. The molecule has 0 spiro atoms. The van der Waals surface area contributed by atoms with E-state index in [1.165, 1.54) is 6.08 Å². The van der Waals surface area contributed by atoms with Crippen molar-refractivity contribution in [3.63, 3.8) is 0 Å². The van der Waals surface area contributed by atoms with Crippen molar-refractivity contribution < 1.29 is 18.0 Å². The van der Waals surface area contributed by atoms with Crippen LogP contribution in [0.1, 0.15) is 22.3 Å². The van der Waals surface area contributed by atoms with Gasteiger partial charge in [0.15, 0.2) is 9.84 Å². The van der Waals surface area contributed by atoms with Gasteiger partial charge in [0.05, 0.1) is 22.1 Å². The fraction of sp³-hybridized carbons (Fsp3) is 0.200. The molecule has 0 aromatic heterocycles. The number of hydrogen-bond acceptors (Lipinski definition) is 4. The van der Waals surface area contributed by atoms with E-state index >= 15 is 0 Å². The molecule has 2 aromatic carbocycles. The van der Waals surface area contributed by atoms with Gasteiger partial charge in [-0.25, -0.2) is 8.42 Å². The summed E-state index contributed by atoms with van der Waals surface area (Å²) in [6.07, 6.45) is 1.89. The zero-order chi connectivity index (χ0) is 20.1. The molecule has 2 amide bonds. The summed E-state index contributed by atoms with van der Waals surface area (Å²) in [7, 11) is -3.14. The number of carbonyl (C=O) groups is 2. The first-order chi connectivity index (χ1) is 13.3. The average molecular weight is 419 g/mol. The second kappa shape index (κ2) is 8.58. The van der Waals surface area contributed by atoms with E-state index in [9.17, 15) is 18.0 Å². The molecule has 0 bridgehead atoms. The third-order valence-corrected chi connectivity index (χ3v) is 6.39. The lowest BCUT2D eigenvalue weighted by Gasteiger charge is -2.15. The van der Waals surface area contributed by atoms with E-state index in [0.29, 0.717) is 12.0 Å². The van der Waals surface area contributed by atoms with Crippen molar-refractivity contribution in [3.8, 4) is 0 Å². The summed E-state index contributed by atoms with van der Waals surface area (Å²) in [5, 5.41) is 5.55. The number of rotatable bonds is 5. The van der Waals surface area contributed by atoms with Crippen LogP contribution in [-0.2, 0) is 14.6 Å². The standard InChI is InChI=1S/C20H19ClN2O4S/c21-17-9-5-4-8-16(17)19(24)23-18(12-14-6-2-1-3-7-14)20(25)22-15-10-11-28(26,27)13-15/h1-9,12,15H,10-11,13H2,(H,22,25)(H,23,24)/b18-12+/t15-/m1/s1. The van der Waals surface area contributed by atoms with E-state index in [0.717, 1.165) is 0 Å². The Balaban J connectivity index is 1.83. The minimum atomic E-state index is -3.14. The maximum atomic E-state index is 12.7. The van der Waals surface area contributed by atoms with E-state index in [-0.39, 0.29) is 27.8 Å². The van der Waals surface area contributed by atoms with E-state index in [1.54, 1.807) is 48.5 Å². The molecule has 1 saturated heterocycles. The molecule has 2 N–H and O–H groups in total. The molecule has 0 saturated carbocycles. The normalized spacial score (nSPS) is 18.5. The lowest BCUT2D eigenvalue weighted by Crippen LogP contribution is -2.41. The number of amides is 2. The topological polar surface area (TPSA) is 92.3 Å². The van der Waals surface area contributed by atoms with E-state index in [1.807, 2.05) is 6.07 Å². The highest BCUT2D eigenvalue weighted by molar-refractivity contribution is 7.91. The molecule has 1 aliphatic heterocycles. The van der Waals surface area contributed by atoms with Crippen LogP contribution >= 0.6 is 11.6 Å². The maximum Gasteiger partial charge on any atom is 0.268 e. The van der Waals surface area contributed by atoms with Gasteiger partial charge in [0.25, 0.3) is 11.8 Å². The average Bonchev–Trinajstić information content (AvgIpc) is 3.00. The highest BCUT2D eigenvalue weighted by Crippen LogP contribution is 2.16. The second-order valence-corrected chi connectivity index (χ2v) is 9.11. The smallest absolute Gasteiger partial charge is 0.268 e. The third-order valence-electron chi connectivity index (χ3n) is 4.29. The fourth-order valence-electron chi connectivity index (χ4n) is 2.88. The highest BCUT2D eigenvalue weighted by Gasteiger charge is 2.30. The van der Waals surface area contributed by atoms with E-state index in [4.69, 9.17) is 11.6 Å². The molecule has 0 aliphatic carbocycles. The summed E-state index contributed by atoms with van der Waals surface area (Å²) in [6, 6.07) is 15.1. The van der Waals surface area contributed by atoms with Gasteiger partial charge in [0, 0.05) is 6.04 Å². The van der Waals surface area contributed by atoms with Crippen LogP contribution in [-0.4, -0.2) is 37.8 Å². The third kappa shape index (κ3) is 5.21.